The van der Waals surface area contributed by atoms with E-state index >= 15 is 0 Å². The van der Waals surface area contributed by atoms with E-state index in [0.29, 0.717) is 27.8 Å². The molecule has 1 amide bonds. The summed E-state index contributed by atoms with van der Waals surface area (Å²) >= 11 is 1.45. The molecule has 2 aromatic heterocycles. The first kappa shape index (κ1) is 19.8. The van der Waals surface area contributed by atoms with Gasteiger partial charge < -0.3 is 9.32 Å². The van der Waals surface area contributed by atoms with E-state index in [9.17, 15) is 9.18 Å². The van der Waals surface area contributed by atoms with Crippen molar-refractivity contribution in [1.82, 2.24) is 14.9 Å². The predicted molar refractivity (Wildman–Crippen MR) is 117 cm³/mol. The summed E-state index contributed by atoms with van der Waals surface area (Å²) < 4.78 is 20.3. The van der Waals surface area contributed by atoms with Gasteiger partial charge >= 0.3 is 0 Å². The van der Waals surface area contributed by atoms with Gasteiger partial charge in [-0.25, -0.2) is 14.4 Å². The number of furan rings is 1. The van der Waals surface area contributed by atoms with Gasteiger partial charge in [0.2, 0.25) is 0 Å². The van der Waals surface area contributed by atoms with Gasteiger partial charge in [-0.2, -0.15) is 0 Å². The van der Waals surface area contributed by atoms with Crippen LogP contribution in [0.2, 0.25) is 0 Å². The Hall–Kier alpha value is -3.19. The van der Waals surface area contributed by atoms with Crippen molar-refractivity contribution in [3.8, 4) is 0 Å². The highest BCUT2D eigenvalue weighted by Gasteiger charge is 2.36. The summed E-state index contributed by atoms with van der Waals surface area (Å²) in [6, 6.07) is 16.1. The quantitative estimate of drug-likeness (QED) is 0.286. The number of aromatic nitrogens is 2. The molecule has 0 spiro atoms. The van der Waals surface area contributed by atoms with E-state index in [1.165, 1.54) is 17.8 Å². The van der Waals surface area contributed by atoms with E-state index < -0.39 is 0 Å². The fourth-order valence-electron chi connectivity index (χ4n) is 3.61. The molecule has 0 N–H and O–H groups in total. The third kappa shape index (κ3) is 4.18. The molecule has 0 atom stereocenters. The number of rotatable bonds is 7. The topological polar surface area (TPSA) is 59.2 Å². The number of hydrogen-bond acceptors (Lipinski definition) is 5. The summed E-state index contributed by atoms with van der Waals surface area (Å²) in [6.07, 6.45) is 5.22. The van der Waals surface area contributed by atoms with Crippen molar-refractivity contribution < 1.29 is 13.6 Å². The molecule has 0 bridgehead atoms. The monoisotopic (exact) mass is 433 g/mol. The first-order valence-corrected chi connectivity index (χ1v) is 11.1. The largest absolute Gasteiger partial charge is 0.451 e. The first-order chi connectivity index (χ1) is 15.2. The van der Waals surface area contributed by atoms with Crippen molar-refractivity contribution in [2.45, 2.75) is 36.3 Å². The van der Waals surface area contributed by atoms with E-state index in [1.54, 1.807) is 41.6 Å². The fourth-order valence-corrected chi connectivity index (χ4v) is 4.44. The van der Waals surface area contributed by atoms with E-state index in [4.69, 9.17) is 4.42 Å². The number of carbonyl (C=O) groups is 1. The lowest BCUT2D eigenvalue weighted by molar-refractivity contribution is 0.0697. The number of benzene rings is 2. The molecule has 31 heavy (non-hydrogen) atoms. The van der Waals surface area contributed by atoms with Crippen molar-refractivity contribution in [3.63, 3.8) is 0 Å². The van der Waals surface area contributed by atoms with E-state index in [2.05, 4.69) is 9.97 Å². The Bertz CT molecular complexity index is 1220. The van der Waals surface area contributed by atoms with Gasteiger partial charge in [-0.15, -0.1) is 0 Å². The zero-order valence-electron chi connectivity index (χ0n) is 16.7. The molecule has 1 aliphatic rings. The van der Waals surface area contributed by atoms with Crippen molar-refractivity contribution in [1.29, 1.82) is 0 Å². The normalized spacial score (nSPS) is 13.5. The Kier molecular flexibility index (Phi) is 5.42. The second kappa shape index (κ2) is 8.51. The molecule has 0 aliphatic heterocycles. The second-order valence-corrected chi connectivity index (χ2v) is 8.42. The number of nitrogens with zero attached hydrogens (tertiary/aromatic N) is 3. The van der Waals surface area contributed by atoms with Crippen LogP contribution in [0.3, 0.4) is 0 Å². The lowest BCUT2D eigenvalue weighted by Gasteiger charge is -2.22. The van der Waals surface area contributed by atoms with Crippen molar-refractivity contribution in [2.24, 2.45) is 0 Å². The number of thioether (sulfide) groups is 1. The van der Waals surface area contributed by atoms with Crippen LogP contribution in [0.5, 0.6) is 0 Å². The molecule has 0 unspecified atom stereocenters. The molecule has 5 nitrogen and oxygen atoms in total. The smallest absolute Gasteiger partial charge is 0.290 e. The number of carbonyl (C=O) groups excluding carboxylic acids is 1. The molecule has 4 aromatic rings. The predicted octanol–water partition coefficient (Wildman–Crippen LogP) is 5.46. The lowest BCUT2D eigenvalue weighted by Crippen LogP contribution is -2.33. The van der Waals surface area contributed by atoms with Gasteiger partial charge in [0.1, 0.15) is 11.4 Å². The molecule has 0 radical (unpaired) electrons. The average Bonchev–Trinajstić information content (AvgIpc) is 3.58. The van der Waals surface area contributed by atoms with Gasteiger partial charge in [-0.05, 0) is 31.0 Å². The molecule has 1 saturated carbocycles. The third-order valence-electron chi connectivity index (χ3n) is 5.33. The molecule has 1 fully saturated rings. The number of hydrogen-bond donors (Lipinski definition) is 0. The zero-order valence-corrected chi connectivity index (χ0v) is 17.5. The number of fused-ring (bicyclic) bond motifs is 1. The summed E-state index contributed by atoms with van der Waals surface area (Å²) in [5.74, 6) is 0.308. The van der Waals surface area contributed by atoms with Gasteiger partial charge in [-0.3, -0.25) is 4.79 Å². The zero-order chi connectivity index (χ0) is 21.2. The first-order valence-electron chi connectivity index (χ1n) is 10.2. The molecular weight excluding hydrogens is 413 g/mol. The van der Waals surface area contributed by atoms with Gasteiger partial charge in [0.05, 0.1) is 0 Å². The summed E-state index contributed by atoms with van der Waals surface area (Å²) in [5, 5.41) is 1.53. The van der Waals surface area contributed by atoms with Crippen LogP contribution in [0, 0.1) is 5.82 Å². The third-order valence-corrected chi connectivity index (χ3v) is 6.23. The molecule has 1 aliphatic carbocycles. The Morgan fingerprint density at radius 3 is 2.58 bits per heavy atom. The molecule has 2 heterocycles. The Balaban J connectivity index is 1.49. The second-order valence-electron chi connectivity index (χ2n) is 7.48. The molecule has 5 rings (SSSR count). The Morgan fingerprint density at radius 1 is 1.06 bits per heavy atom. The molecule has 156 valence electrons. The Morgan fingerprint density at radius 2 is 1.81 bits per heavy atom. The van der Waals surface area contributed by atoms with Crippen LogP contribution < -0.4 is 0 Å². The van der Waals surface area contributed by atoms with Gasteiger partial charge in [-0.1, -0.05) is 48.2 Å². The van der Waals surface area contributed by atoms with Crippen LogP contribution >= 0.6 is 11.8 Å². The fraction of sp³-hybridized carbons (Fsp3) is 0.208. The molecule has 7 heteroatoms. The van der Waals surface area contributed by atoms with Crippen LogP contribution in [0.1, 0.15) is 34.5 Å². The number of para-hydroxylation sites is 1. The molecule has 2 aromatic carbocycles. The maximum Gasteiger partial charge on any atom is 0.290 e. The highest BCUT2D eigenvalue weighted by atomic mass is 32.2. The SMILES string of the molecule is O=C(c1oc2ccccc2c1CSc1ncccn1)N(Cc1ccccc1F)C1CC1. The number of amides is 1. The average molecular weight is 434 g/mol. The summed E-state index contributed by atoms with van der Waals surface area (Å²) in [6.45, 7) is 0.224. The van der Waals surface area contributed by atoms with Crippen molar-refractivity contribution in [3.05, 3.63) is 89.7 Å². The summed E-state index contributed by atoms with van der Waals surface area (Å²) in [4.78, 5) is 23.9. The summed E-state index contributed by atoms with van der Waals surface area (Å²) in [5.41, 5.74) is 1.99. The maximum absolute atomic E-state index is 14.3. The van der Waals surface area contributed by atoms with Crippen LogP contribution in [0.25, 0.3) is 11.0 Å². The molecule has 0 saturated heterocycles. The minimum absolute atomic E-state index is 0.110. The minimum Gasteiger partial charge on any atom is -0.451 e. The van der Waals surface area contributed by atoms with Crippen molar-refractivity contribution >= 4 is 28.6 Å². The highest BCUT2D eigenvalue weighted by molar-refractivity contribution is 7.98. The van der Waals surface area contributed by atoms with Crippen LogP contribution in [-0.4, -0.2) is 26.8 Å². The van der Waals surface area contributed by atoms with Gasteiger partial charge in [0, 0.05) is 47.2 Å². The standard InChI is InChI=1S/C24H20FN3O2S/c25-20-8-3-1-6-16(20)14-28(17-10-11-17)23(29)22-19(15-31-24-26-12-5-13-27-24)18-7-2-4-9-21(18)30-22/h1-9,12-13,17H,10-11,14-15H2. The van der Waals surface area contributed by atoms with Gasteiger partial charge in [0.25, 0.3) is 5.91 Å². The number of halogens is 1. The highest BCUT2D eigenvalue weighted by Crippen LogP contribution is 2.35. The lowest BCUT2D eigenvalue weighted by atomic mass is 10.1. The minimum atomic E-state index is -0.303. The van der Waals surface area contributed by atoms with Crippen molar-refractivity contribution in [2.75, 3.05) is 0 Å². The van der Waals surface area contributed by atoms with E-state index in [0.717, 1.165) is 23.8 Å². The van der Waals surface area contributed by atoms with Crippen LogP contribution in [0.4, 0.5) is 4.39 Å². The van der Waals surface area contributed by atoms with Crippen LogP contribution in [0.15, 0.2) is 76.6 Å². The van der Waals surface area contributed by atoms with Gasteiger partial charge in [0.15, 0.2) is 10.9 Å². The maximum atomic E-state index is 14.3. The Labute approximate surface area is 183 Å². The van der Waals surface area contributed by atoms with Crippen LogP contribution in [-0.2, 0) is 12.3 Å². The molecular formula is C24H20FN3O2S. The summed E-state index contributed by atoms with van der Waals surface area (Å²) in [7, 11) is 0. The van der Waals surface area contributed by atoms with E-state index in [-0.39, 0.29) is 24.3 Å². The van der Waals surface area contributed by atoms with E-state index in [1.807, 2.05) is 24.3 Å².